The van der Waals surface area contributed by atoms with Crippen LogP contribution in [0.15, 0.2) is 37.5 Å². The van der Waals surface area contributed by atoms with Crippen LogP contribution in [0.1, 0.15) is 21.3 Å². The summed E-state index contributed by atoms with van der Waals surface area (Å²) in [4.78, 5) is 0. The Morgan fingerprint density at radius 1 is 1.33 bits per heavy atom. The largest absolute Gasteiger partial charge is 0.106 e. The molecule has 0 aromatic rings. The minimum atomic E-state index is 0. The predicted molar refractivity (Wildman–Crippen MR) is 47.6 cm³/mol. The second-order valence-corrected chi connectivity index (χ2v) is 1.35. The standard InChI is InChI=1S/C6H10.C2H4.CH4/c1-4-5-6(2)3;1-2;/h4-5H,2H2,1,3H3;1-2H2;1H4/b5-4-;;. The fourth-order valence-electron chi connectivity index (χ4n) is 0.285. The van der Waals surface area contributed by atoms with Gasteiger partial charge in [-0.15, -0.1) is 13.2 Å². The molecule has 0 N–H and O–H groups in total. The van der Waals surface area contributed by atoms with Gasteiger partial charge in [-0.05, 0) is 13.8 Å². The van der Waals surface area contributed by atoms with E-state index in [2.05, 4.69) is 19.7 Å². The van der Waals surface area contributed by atoms with Crippen LogP contribution in [0.4, 0.5) is 0 Å². The highest BCUT2D eigenvalue weighted by atomic mass is 13.7. The number of rotatable bonds is 1. The van der Waals surface area contributed by atoms with Crippen LogP contribution in [0.2, 0.25) is 0 Å². The van der Waals surface area contributed by atoms with Gasteiger partial charge in [0, 0.05) is 0 Å². The second-order valence-electron chi connectivity index (χ2n) is 1.35. The Kier molecular flexibility index (Phi) is 27.4. The first-order chi connectivity index (χ1) is 3.77. The lowest BCUT2D eigenvalue weighted by Gasteiger charge is -1.75. The molecule has 0 aromatic carbocycles. The van der Waals surface area contributed by atoms with E-state index in [0.29, 0.717) is 0 Å². The van der Waals surface area contributed by atoms with Gasteiger partial charge in [0.2, 0.25) is 0 Å². The molecule has 0 aliphatic carbocycles. The van der Waals surface area contributed by atoms with Gasteiger partial charge in [-0.3, -0.25) is 0 Å². The van der Waals surface area contributed by atoms with Crippen LogP contribution in [0.3, 0.4) is 0 Å². The minimum absolute atomic E-state index is 0. The molecule has 0 bridgehead atoms. The lowest BCUT2D eigenvalue weighted by molar-refractivity contribution is 1.54. The molecule has 0 aromatic heterocycles. The van der Waals surface area contributed by atoms with Gasteiger partial charge in [0.1, 0.15) is 0 Å². The normalized spacial score (nSPS) is 6.89. The third-order valence-corrected chi connectivity index (χ3v) is 0.451. The van der Waals surface area contributed by atoms with E-state index in [1.165, 1.54) is 0 Å². The molecular formula is C9H18. The van der Waals surface area contributed by atoms with Gasteiger partial charge in [0.25, 0.3) is 0 Å². The van der Waals surface area contributed by atoms with Crippen LogP contribution < -0.4 is 0 Å². The quantitative estimate of drug-likeness (QED) is 0.372. The Morgan fingerprint density at radius 3 is 1.67 bits per heavy atom. The Balaban J connectivity index is -0.000000109. The van der Waals surface area contributed by atoms with E-state index in [9.17, 15) is 0 Å². The first-order valence-electron chi connectivity index (χ1n) is 2.55. The number of hydrogen-bond acceptors (Lipinski definition) is 0. The third kappa shape index (κ3) is 39.9. The van der Waals surface area contributed by atoms with Crippen molar-refractivity contribution in [1.29, 1.82) is 0 Å². The van der Waals surface area contributed by atoms with Crippen molar-refractivity contribution in [3.05, 3.63) is 37.5 Å². The molecule has 0 saturated carbocycles. The second kappa shape index (κ2) is 15.7. The van der Waals surface area contributed by atoms with Crippen molar-refractivity contribution in [2.24, 2.45) is 0 Å². The van der Waals surface area contributed by atoms with Crippen molar-refractivity contribution in [2.75, 3.05) is 0 Å². The van der Waals surface area contributed by atoms with E-state index < -0.39 is 0 Å². The summed E-state index contributed by atoms with van der Waals surface area (Å²) < 4.78 is 0. The zero-order chi connectivity index (χ0) is 6.99. The highest BCUT2D eigenvalue weighted by molar-refractivity contribution is 5.09. The molecular weight excluding hydrogens is 108 g/mol. The summed E-state index contributed by atoms with van der Waals surface area (Å²) in [6, 6.07) is 0. The van der Waals surface area contributed by atoms with Gasteiger partial charge in [-0.1, -0.05) is 31.7 Å². The molecule has 0 spiro atoms. The molecule has 0 radical (unpaired) electrons. The highest BCUT2D eigenvalue weighted by Gasteiger charge is 1.63. The van der Waals surface area contributed by atoms with Crippen LogP contribution >= 0.6 is 0 Å². The first kappa shape index (κ1) is 15.7. The fourth-order valence-corrected chi connectivity index (χ4v) is 0.285. The SMILES string of the molecule is C.C=C.C=C(C)/C=C\C. The Bertz CT molecular complexity index is 78.0. The van der Waals surface area contributed by atoms with Crippen LogP contribution in [0.5, 0.6) is 0 Å². The summed E-state index contributed by atoms with van der Waals surface area (Å²) in [7, 11) is 0. The molecule has 0 heterocycles. The smallest absolute Gasteiger partial charge is 0.0404 e. The fraction of sp³-hybridized carbons (Fsp3) is 0.333. The lowest BCUT2D eigenvalue weighted by atomic mass is 10.3. The zero-order valence-corrected chi connectivity index (χ0v) is 5.78. The number of hydrogen-bond donors (Lipinski definition) is 0. The molecule has 0 amide bonds. The average Bonchev–Trinajstić information content (AvgIpc) is 1.72. The topological polar surface area (TPSA) is 0 Å². The van der Waals surface area contributed by atoms with Crippen LogP contribution in [0.25, 0.3) is 0 Å². The van der Waals surface area contributed by atoms with E-state index in [1.54, 1.807) is 0 Å². The molecule has 0 aliphatic heterocycles. The Hall–Kier alpha value is -0.780. The van der Waals surface area contributed by atoms with Gasteiger partial charge in [-0.25, -0.2) is 0 Å². The average molecular weight is 126 g/mol. The van der Waals surface area contributed by atoms with Crippen molar-refractivity contribution in [3.63, 3.8) is 0 Å². The van der Waals surface area contributed by atoms with E-state index in [0.717, 1.165) is 5.57 Å². The molecule has 0 aliphatic rings. The highest BCUT2D eigenvalue weighted by Crippen LogP contribution is 1.85. The van der Waals surface area contributed by atoms with Crippen molar-refractivity contribution >= 4 is 0 Å². The number of allylic oxidation sites excluding steroid dienone is 3. The first-order valence-corrected chi connectivity index (χ1v) is 2.55. The Labute approximate surface area is 59.6 Å². The van der Waals surface area contributed by atoms with Crippen molar-refractivity contribution in [1.82, 2.24) is 0 Å². The third-order valence-electron chi connectivity index (χ3n) is 0.451. The van der Waals surface area contributed by atoms with Gasteiger partial charge in [-0.2, -0.15) is 0 Å². The summed E-state index contributed by atoms with van der Waals surface area (Å²) in [5.41, 5.74) is 1.11. The van der Waals surface area contributed by atoms with Crippen molar-refractivity contribution < 1.29 is 0 Å². The molecule has 0 nitrogen and oxygen atoms in total. The van der Waals surface area contributed by atoms with Gasteiger partial charge < -0.3 is 0 Å². The molecule has 0 fully saturated rings. The van der Waals surface area contributed by atoms with E-state index >= 15 is 0 Å². The molecule has 0 heteroatoms. The summed E-state index contributed by atoms with van der Waals surface area (Å²) >= 11 is 0. The van der Waals surface area contributed by atoms with Crippen molar-refractivity contribution in [2.45, 2.75) is 21.3 Å². The minimum Gasteiger partial charge on any atom is -0.106 e. The molecule has 9 heavy (non-hydrogen) atoms. The van der Waals surface area contributed by atoms with E-state index in [1.807, 2.05) is 26.0 Å². The van der Waals surface area contributed by atoms with Gasteiger partial charge >= 0.3 is 0 Å². The van der Waals surface area contributed by atoms with Crippen LogP contribution in [-0.2, 0) is 0 Å². The molecule has 0 unspecified atom stereocenters. The van der Waals surface area contributed by atoms with Crippen molar-refractivity contribution in [3.8, 4) is 0 Å². The monoisotopic (exact) mass is 126 g/mol. The van der Waals surface area contributed by atoms with E-state index in [4.69, 9.17) is 0 Å². The molecule has 54 valence electrons. The Morgan fingerprint density at radius 2 is 1.67 bits per heavy atom. The maximum Gasteiger partial charge on any atom is -0.0404 e. The maximum atomic E-state index is 3.66. The van der Waals surface area contributed by atoms with Crippen LogP contribution in [0, 0.1) is 0 Å². The summed E-state index contributed by atoms with van der Waals surface area (Å²) in [6.45, 7) is 13.6. The van der Waals surface area contributed by atoms with Crippen LogP contribution in [-0.4, -0.2) is 0 Å². The summed E-state index contributed by atoms with van der Waals surface area (Å²) in [5, 5.41) is 0. The van der Waals surface area contributed by atoms with Gasteiger partial charge in [0.15, 0.2) is 0 Å². The molecule has 0 atom stereocenters. The molecule has 0 rings (SSSR count). The molecule has 0 saturated heterocycles. The summed E-state index contributed by atoms with van der Waals surface area (Å²) in [6.07, 6.45) is 3.95. The predicted octanol–water partition coefficient (Wildman–Crippen LogP) is 3.58. The maximum absolute atomic E-state index is 3.66. The lowest BCUT2D eigenvalue weighted by Crippen LogP contribution is -1.54. The van der Waals surface area contributed by atoms with E-state index in [-0.39, 0.29) is 7.43 Å². The van der Waals surface area contributed by atoms with Gasteiger partial charge in [0.05, 0.1) is 0 Å². The zero-order valence-electron chi connectivity index (χ0n) is 5.78. The summed E-state index contributed by atoms with van der Waals surface area (Å²) in [5.74, 6) is 0.